The molecule has 3 atom stereocenters. The summed E-state index contributed by atoms with van der Waals surface area (Å²) in [6, 6.07) is 2.85. The van der Waals surface area contributed by atoms with Crippen molar-refractivity contribution in [2.75, 3.05) is 6.54 Å². The summed E-state index contributed by atoms with van der Waals surface area (Å²) in [5, 5.41) is 7.31. The third kappa shape index (κ3) is 3.47. The van der Waals surface area contributed by atoms with Gasteiger partial charge in [0.15, 0.2) is 0 Å². The zero-order valence-corrected chi connectivity index (χ0v) is 13.6. The van der Waals surface area contributed by atoms with Gasteiger partial charge < -0.3 is 10.1 Å². The van der Waals surface area contributed by atoms with Crippen molar-refractivity contribution in [3.8, 4) is 0 Å². The zero-order valence-electron chi connectivity index (χ0n) is 12.7. The van der Waals surface area contributed by atoms with Gasteiger partial charge in [-0.2, -0.15) is 11.3 Å². The molecule has 1 N–H and O–H groups in total. The maximum absolute atomic E-state index is 12.1. The maximum atomic E-state index is 12.1. The van der Waals surface area contributed by atoms with Crippen LogP contribution in [0, 0.1) is 0 Å². The summed E-state index contributed by atoms with van der Waals surface area (Å²) in [5.74, 6) is 0.0553. The first-order valence-corrected chi connectivity index (χ1v) is 8.78. The Balaban J connectivity index is 1.56. The van der Waals surface area contributed by atoms with E-state index in [0.717, 1.165) is 32.4 Å². The maximum Gasteiger partial charge on any atom is 0.249 e. The van der Waals surface area contributed by atoms with Crippen LogP contribution in [-0.2, 0) is 16.1 Å². The number of rotatable bonds is 4. The van der Waals surface area contributed by atoms with E-state index in [2.05, 4.69) is 27.0 Å². The van der Waals surface area contributed by atoms with E-state index in [1.807, 2.05) is 13.8 Å². The molecule has 0 unspecified atom stereocenters. The Labute approximate surface area is 130 Å². The van der Waals surface area contributed by atoms with E-state index in [-0.39, 0.29) is 24.2 Å². The summed E-state index contributed by atoms with van der Waals surface area (Å²) in [6.45, 7) is 6.06. The van der Waals surface area contributed by atoms with Gasteiger partial charge in [-0.25, -0.2) is 0 Å². The van der Waals surface area contributed by atoms with E-state index >= 15 is 0 Å². The van der Waals surface area contributed by atoms with Crippen LogP contribution in [0.5, 0.6) is 0 Å². The molecule has 4 nitrogen and oxygen atoms in total. The Bertz CT molecular complexity index is 475. The summed E-state index contributed by atoms with van der Waals surface area (Å²) in [4.78, 5) is 14.6. The minimum atomic E-state index is -0.255. The number of ether oxygens (including phenoxy) is 1. The Morgan fingerprint density at radius 1 is 1.48 bits per heavy atom. The molecule has 0 bridgehead atoms. The van der Waals surface area contributed by atoms with Crippen molar-refractivity contribution in [3.63, 3.8) is 0 Å². The van der Waals surface area contributed by atoms with Crippen molar-refractivity contribution in [3.05, 3.63) is 22.4 Å². The van der Waals surface area contributed by atoms with Gasteiger partial charge >= 0.3 is 0 Å². The molecule has 0 saturated carbocycles. The Morgan fingerprint density at radius 2 is 2.33 bits per heavy atom. The Hall–Kier alpha value is -0.910. The molecule has 116 valence electrons. The molecule has 0 aromatic carbocycles. The SMILES string of the molecule is CC(C)NC(=O)[C@H]1CC[C@@H]2[C@@H](CCN2Cc2ccsc2)O1. The lowest BCUT2D eigenvalue weighted by molar-refractivity contribution is -0.144. The van der Waals surface area contributed by atoms with Gasteiger partial charge in [-0.05, 0) is 55.5 Å². The third-order valence-electron chi connectivity index (χ3n) is 4.35. The summed E-state index contributed by atoms with van der Waals surface area (Å²) >= 11 is 1.75. The highest BCUT2D eigenvalue weighted by Gasteiger charge is 2.41. The molecule has 1 amide bonds. The number of hydrogen-bond donors (Lipinski definition) is 1. The minimum absolute atomic E-state index is 0.0553. The van der Waals surface area contributed by atoms with Gasteiger partial charge in [0.25, 0.3) is 0 Å². The molecular formula is C16H24N2O2S. The number of carbonyl (C=O) groups is 1. The van der Waals surface area contributed by atoms with Crippen LogP contribution in [0.2, 0.25) is 0 Å². The van der Waals surface area contributed by atoms with Gasteiger partial charge in [0.1, 0.15) is 6.10 Å². The van der Waals surface area contributed by atoms with Crippen LogP contribution in [0.1, 0.15) is 38.7 Å². The molecule has 3 rings (SSSR count). The van der Waals surface area contributed by atoms with Crippen molar-refractivity contribution in [1.29, 1.82) is 0 Å². The lowest BCUT2D eigenvalue weighted by Crippen LogP contribution is -2.48. The predicted octanol–water partition coefficient (Wildman–Crippen LogP) is 2.39. The van der Waals surface area contributed by atoms with Crippen molar-refractivity contribution < 1.29 is 9.53 Å². The largest absolute Gasteiger partial charge is 0.363 e. The number of likely N-dealkylation sites (tertiary alicyclic amines) is 1. The van der Waals surface area contributed by atoms with E-state index < -0.39 is 0 Å². The number of fused-ring (bicyclic) bond motifs is 1. The van der Waals surface area contributed by atoms with Crippen LogP contribution < -0.4 is 5.32 Å². The van der Waals surface area contributed by atoms with E-state index in [0.29, 0.717) is 6.04 Å². The van der Waals surface area contributed by atoms with Gasteiger partial charge in [-0.15, -0.1) is 0 Å². The summed E-state index contributed by atoms with van der Waals surface area (Å²) in [6.07, 6.45) is 2.90. The van der Waals surface area contributed by atoms with E-state index in [9.17, 15) is 4.79 Å². The van der Waals surface area contributed by atoms with Gasteiger partial charge in [0.05, 0.1) is 6.10 Å². The number of nitrogens with one attached hydrogen (secondary N) is 1. The van der Waals surface area contributed by atoms with Crippen molar-refractivity contribution in [2.45, 2.75) is 63.9 Å². The second-order valence-electron chi connectivity index (χ2n) is 6.36. The predicted molar refractivity (Wildman–Crippen MR) is 84.3 cm³/mol. The molecule has 1 aromatic rings. The Morgan fingerprint density at radius 3 is 3.05 bits per heavy atom. The van der Waals surface area contributed by atoms with Crippen LogP contribution in [0.3, 0.4) is 0 Å². The molecular weight excluding hydrogens is 284 g/mol. The van der Waals surface area contributed by atoms with E-state index in [1.54, 1.807) is 11.3 Å². The summed E-state index contributed by atoms with van der Waals surface area (Å²) < 4.78 is 6.07. The van der Waals surface area contributed by atoms with E-state index in [4.69, 9.17) is 4.74 Å². The Kier molecular flexibility index (Phi) is 4.62. The molecule has 0 radical (unpaired) electrons. The first-order chi connectivity index (χ1) is 10.1. The highest BCUT2D eigenvalue weighted by molar-refractivity contribution is 7.07. The molecule has 2 aliphatic heterocycles. The second-order valence-corrected chi connectivity index (χ2v) is 7.14. The molecule has 0 spiro atoms. The van der Waals surface area contributed by atoms with Crippen LogP contribution in [0.4, 0.5) is 0 Å². The smallest absolute Gasteiger partial charge is 0.249 e. The number of carbonyl (C=O) groups excluding carboxylic acids is 1. The van der Waals surface area contributed by atoms with Crippen molar-refractivity contribution in [2.24, 2.45) is 0 Å². The van der Waals surface area contributed by atoms with Gasteiger partial charge in [-0.1, -0.05) is 0 Å². The molecule has 2 fully saturated rings. The van der Waals surface area contributed by atoms with Crippen LogP contribution in [0.25, 0.3) is 0 Å². The fourth-order valence-corrected chi connectivity index (χ4v) is 4.06. The number of amides is 1. The standard InChI is InChI=1S/C16H24N2O2S/c1-11(2)17-16(19)15-4-3-13-14(20-15)5-7-18(13)9-12-6-8-21-10-12/h6,8,10-11,13-15H,3-5,7,9H2,1-2H3,(H,17,19)/t13-,14-,15-/m1/s1. The first kappa shape index (κ1) is 15.0. The first-order valence-electron chi connectivity index (χ1n) is 7.84. The highest BCUT2D eigenvalue weighted by Crippen LogP contribution is 2.32. The van der Waals surface area contributed by atoms with Gasteiger partial charge in [0.2, 0.25) is 5.91 Å². The lowest BCUT2D eigenvalue weighted by atomic mass is 9.98. The monoisotopic (exact) mass is 308 g/mol. The summed E-state index contributed by atoms with van der Waals surface area (Å²) in [5.41, 5.74) is 1.39. The van der Waals surface area contributed by atoms with Crippen molar-refractivity contribution in [1.82, 2.24) is 10.2 Å². The van der Waals surface area contributed by atoms with Gasteiger partial charge in [-0.3, -0.25) is 9.69 Å². The van der Waals surface area contributed by atoms with E-state index in [1.165, 1.54) is 5.56 Å². The zero-order chi connectivity index (χ0) is 14.8. The van der Waals surface area contributed by atoms with Crippen LogP contribution in [0.15, 0.2) is 16.8 Å². The van der Waals surface area contributed by atoms with Gasteiger partial charge in [0, 0.05) is 25.2 Å². The molecule has 2 saturated heterocycles. The fraction of sp³-hybridized carbons (Fsp3) is 0.688. The number of hydrogen-bond acceptors (Lipinski definition) is 4. The quantitative estimate of drug-likeness (QED) is 0.928. The number of nitrogens with zero attached hydrogens (tertiary/aromatic N) is 1. The molecule has 3 heterocycles. The number of thiophene rings is 1. The fourth-order valence-electron chi connectivity index (χ4n) is 3.40. The molecule has 21 heavy (non-hydrogen) atoms. The molecule has 2 aliphatic rings. The molecule has 1 aromatic heterocycles. The van der Waals surface area contributed by atoms with Crippen LogP contribution >= 0.6 is 11.3 Å². The molecule has 5 heteroatoms. The van der Waals surface area contributed by atoms with Crippen LogP contribution in [-0.4, -0.2) is 41.6 Å². The van der Waals surface area contributed by atoms with Crippen molar-refractivity contribution >= 4 is 17.2 Å². The normalized spacial score (nSPS) is 29.6. The topological polar surface area (TPSA) is 41.6 Å². The summed E-state index contributed by atoms with van der Waals surface area (Å²) in [7, 11) is 0. The lowest BCUT2D eigenvalue weighted by Gasteiger charge is -2.35. The average molecular weight is 308 g/mol. The average Bonchev–Trinajstić information content (AvgIpc) is 3.08. The third-order valence-corrected chi connectivity index (χ3v) is 5.08. The highest BCUT2D eigenvalue weighted by atomic mass is 32.1. The second kappa shape index (κ2) is 6.46. The minimum Gasteiger partial charge on any atom is -0.363 e. The molecule has 0 aliphatic carbocycles.